The Labute approximate surface area is 106 Å². The van der Waals surface area contributed by atoms with Crippen LogP contribution in [0.1, 0.15) is 16.1 Å². The number of rotatable bonds is 2. The predicted octanol–water partition coefficient (Wildman–Crippen LogP) is 3.73. The zero-order valence-electron chi connectivity index (χ0n) is 8.15. The molecule has 0 bridgehead atoms. The summed E-state index contributed by atoms with van der Waals surface area (Å²) in [4.78, 5) is 16.2. The molecule has 0 atom stereocenters. The van der Waals surface area contributed by atoms with Crippen molar-refractivity contribution in [2.45, 2.75) is 0 Å². The average Bonchev–Trinajstić information content (AvgIpc) is 2.29. The molecule has 0 spiro atoms. The number of carbonyl (C=O) groups excluding carboxylic acids is 1. The van der Waals surface area contributed by atoms with Gasteiger partial charge >= 0.3 is 0 Å². The Kier molecular flexibility index (Phi) is 3.36. The summed E-state index contributed by atoms with van der Waals surface area (Å²) < 4.78 is 0.667. The van der Waals surface area contributed by atoms with Gasteiger partial charge < -0.3 is 0 Å². The topological polar surface area (TPSA) is 30.0 Å². The lowest BCUT2D eigenvalue weighted by Gasteiger charge is -2.03. The smallest absolute Gasteiger partial charge is 0.213 e. The molecule has 2 nitrogen and oxygen atoms in total. The van der Waals surface area contributed by atoms with Crippen LogP contribution < -0.4 is 0 Å². The summed E-state index contributed by atoms with van der Waals surface area (Å²) in [6.45, 7) is 0. The number of halogens is 2. The summed E-state index contributed by atoms with van der Waals surface area (Å²) in [6, 6.07) is 10.5. The van der Waals surface area contributed by atoms with Crippen molar-refractivity contribution in [2.24, 2.45) is 0 Å². The van der Waals surface area contributed by atoms with Crippen molar-refractivity contribution in [1.29, 1.82) is 0 Å². The number of aromatic nitrogens is 1. The Hall–Kier alpha value is -1.19. The highest BCUT2D eigenvalue weighted by molar-refractivity contribution is 9.10. The van der Waals surface area contributed by atoms with Crippen LogP contribution in [0.15, 0.2) is 47.1 Å². The molecule has 16 heavy (non-hydrogen) atoms. The Balaban J connectivity index is 2.48. The molecule has 0 aliphatic rings. The lowest BCUT2D eigenvalue weighted by Crippen LogP contribution is -2.05. The first-order valence-electron chi connectivity index (χ1n) is 4.60. The molecule has 0 N–H and O–H groups in total. The van der Waals surface area contributed by atoms with Gasteiger partial charge in [0.15, 0.2) is 0 Å². The third-order valence-electron chi connectivity index (χ3n) is 2.09. The molecule has 1 aromatic heterocycles. The van der Waals surface area contributed by atoms with Crippen molar-refractivity contribution in [2.75, 3.05) is 0 Å². The molecule has 0 aliphatic heterocycles. The number of hydrogen-bond acceptors (Lipinski definition) is 2. The SMILES string of the molecule is O=C(c1ccccc1Cl)c1ncccc1Br. The van der Waals surface area contributed by atoms with Gasteiger partial charge in [-0.3, -0.25) is 9.78 Å². The number of ketones is 1. The van der Waals surface area contributed by atoms with Gasteiger partial charge in [-0.25, -0.2) is 0 Å². The largest absolute Gasteiger partial charge is 0.287 e. The zero-order valence-corrected chi connectivity index (χ0v) is 10.5. The molecule has 0 unspecified atom stereocenters. The van der Waals surface area contributed by atoms with Crippen molar-refractivity contribution in [3.05, 3.63) is 63.3 Å². The quantitative estimate of drug-likeness (QED) is 0.790. The average molecular weight is 297 g/mol. The molecular formula is C12H7BrClNO. The third-order valence-corrected chi connectivity index (χ3v) is 3.06. The molecule has 2 aromatic rings. The molecule has 0 fully saturated rings. The number of nitrogens with zero attached hydrogens (tertiary/aromatic N) is 1. The van der Waals surface area contributed by atoms with Crippen molar-refractivity contribution < 1.29 is 4.79 Å². The molecule has 0 radical (unpaired) electrons. The van der Waals surface area contributed by atoms with Gasteiger partial charge in [0.05, 0.1) is 5.02 Å². The van der Waals surface area contributed by atoms with Crippen LogP contribution in [-0.2, 0) is 0 Å². The van der Waals surface area contributed by atoms with Gasteiger partial charge in [0, 0.05) is 16.2 Å². The van der Waals surface area contributed by atoms with Gasteiger partial charge in [-0.2, -0.15) is 0 Å². The highest BCUT2D eigenvalue weighted by Crippen LogP contribution is 2.22. The van der Waals surface area contributed by atoms with Crippen molar-refractivity contribution in [3.8, 4) is 0 Å². The van der Waals surface area contributed by atoms with E-state index in [0.29, 0.717) is 20.8 Å². The van der Waals surface area contributed by atoms with Crippen LogP contribution in [0.2, 0.25) is 5.02 Å². The Bertz CT molecular complexity index is 495. The summed E-state index contributed by atoms with van der Waals surface area (Å²) in [5, 5.41) is 0.435. The van der Waals surface area contributed by atoms with Crippen molar-refractivity contribution in [3.63, 3.8) is 0 Å². The minimum absolute atomic E-state index is 0.182. The summed E-state index contributed by atoms with van der Waals surface area (Å²) in [7, 11) is 0. The number of carbonyl (C=O) groups is 1. The van der Waals surface area contributed by atoms with Crippen LogP contribution in [0.25, 0.3) is 0 Å². The molecule has 0 aliphatic carbocycles. The molecule has 0 saturated carbocycles. The molecule has 0 saturated heterocycles. The maximum atomic E-state index is 12.1. The lowest BCUT2D eigenvalue weighted by atomic mass is 10.1. The van der Waals surface area contributed by atoms with Gasteiger partial charge in [0.25, 0.3) is 0 Å². The van der Waals surface area contributed by atoms with Crippen LogP contribution >= 0.6 is 27.5 Å². The number of pyridine rings is 1. The highest BCUT2D eigenvalue weighted by Gasteiger charge is 2.15. The Morgan fingerprint density at radius 3 is 2.62 bits per heavy atom. The summed E-state index contributed by atoms with van der Waals surface area (Å²) >= 11 is 9.25. The molecular weight excluding hydrogens is 289 g/mol. The lowest BCUT2D eigenvalue weighted by molar-refractivity contribution is 0.103. The standard InChI is InChI=1S/C12H7BrClNO/c13-9-5-3-7-15-11(9)12(16)8-4-1-2-6-10(8)14/h1-7H. The normalized spacial score (nSPS) is 10.1. The maximum Gasteiger partial charge on any atom is 0.213 e. The molecule has 1 aromatic carbocycles. The van der Waals surface area contributed by atoms with E-state index >= 15 is 0 Å². The van der Waals surface area contributed by atoms with Gasteiger partial charge in [0.2, 0.25) is 5.78 Å². The van der Waals surface area contributed by atoms with Gasteiger partial charge in [-0.15, -0.1) is 0 Å². The monoisotopic (exact) mass is 295 g/mol. The fraction of sp³-hybridized carbons (Fsp3) is 0. The second kappa shape index (κ2) is 4.76. The van der Waals surface area contributed by atoms with Crippen LogP contribution in [0.5, 0.6) is 0 Å². The Morgan fingerprint density at radius 1 is 1.19 bits per heavy atom. The fourth-order valence-electron chi connectivity index (χ4n) is 1.33. The van der Waals surface area contributed by atoms with E-state index < -0.39 is 0 Å². The maximum absolute atomic E-state index is 12.1. The second-order valence-electron chi connectivity index (χ2n) is 3.14. The van der Waals surface area contributed by atoms with Gasteiger partial charge in [-0.05, 0) is 40.2 Å². The zero-order chi connectivity index (χ0) is 11.5. The van der Waals surface area contributed by atoms with E-state index in [0.717, 1.165) is 0 Å². The first-order valence-corrected chi connectivity index (χ1v) is 5.77. The van der Waals surface area contributed by atoms with E-state index in [1.54, 1.807) is 42.6 Å². The summed E-state index contributed by atoms with van der Waals surface area (Å²) in [5.74, 6) is -0.182. The van der Waals surface area contributed by atoms with Crippen LogP contribution in [0.3, 0.4) is 0 Å². The summed E-state index contributed by atoms with van der Waals surface area (Å²) in [6.07, 6.45) is 1.58. The minimum Gasteiger partial charge on any atom is -0.287 e. The van der Waals surface area contributed by atoms with E-state index in [1.165, 1.54) is 0 Å². The van der Waals surface area contributed by atoms with Crippen molar-refractivity contribution in [1.82, 2.24) is 4.98 Å². The highest BCUT2D eigenvalue weighted by atomic mass is 79.9. The van der Waals surface area contributed by atoms with Gasteiger partial charge in [0.1, 0.15) is 5.69 Å². The van der Waals surface area contributed by atoms with Crippen LogP contribution in [-0.4, -0.2) is 10.8 Å². The first kappa shape index (κ1) is 11.3. The second-order valence-corrected chi connectivity index (χ2v) is 4.40. The number of hydrogen-bond donors (Lipinski definition) is 0. The summed E-state index contributed by atoms with van der Waals surface area (Å²) in [5.41, 5.74) is 0.833. The van der Waals surface area contributed by atoms with Gasteiger partial charge in [-0.1, -0.05) is 23.7 Å². The van der Waals surface area contributed by atoms with E-state index in [1.807, 2.05) is 0 Å². The fourth-order valence-corrected chi connectivity index (χ4v) is 1.98. The molecule has 1 heterocycles. The molecule has 0 amide bonds. The molecule has 80 valence electrons. The van der Waals surface area contributed by atoms with E-state index in [4.69, 9.17) is 11.6 Å². The predicted molar refractivity (Wildman–Crippen MR) is 66.8 cm³/mol. The minimum atomic E-state index is -0.182. The molecule has 2 rings (SSSR count). The molecule has 4 heteroatoms. The first-order chi connectivity index (χ1) is 7.70. The number of benzene rings is 1. The van der Waals surface area contributed by atoms with Crippen LogP contribution in [0.4, 0.5) is 0 Å². The Morgan fingerprint density at radius 2 is 1.94 bits per heavy atom. The van der Waals surface area contributed by atoms with Crippen LogP contribution in [0, 0.1) is 0 Å². The van der Waals surface area contributed by atoms with E-state index in [9.17, 15) is 4.79 Å². The van der Waals surface area contributed by atoms with E-state index in [2.05, 4.69) is 20.9 Å². The third kappa shape index (κ3) is 2.15. The van der Waals surface area contributed by atoms with Crippen molar-refractivity contribution >= 4 is 33.3 Å². The van der Waals surface area contributed by atoms with E-state index in [-0.39, 0.29) is 5.78 Å².